The fourth-order valence-electron chi connectivity index (χ4n) is 7.02. The molecule has 0 aromatic rings. The summed E-state index contributed by atoms with van der Waals surface area (Å²) in [6.45, 7) is 13.8. The SMILES string of the molecule is C=C1CC[C@]2([NH2+][CH2-])C3[C@@H]1[C@@H](CC(C)(C)NC=O)C[C@@H](C)[C@H]3CC[C@H]2C. The largest absolute Gasteiger partial charge is 0.473 e. The lowest BCUT2D eigenvalue weighted by Crippen LogP contribution is -2.97. The average Bonchev–Trinajstić information content (AvgIpc) is 2.54. The van der Waals surface area contributed by atoms with E-state index in [1.54, 1.807) is 0 Å². The van der Waals surface area contributed by atoms with Gasteiger partial charge in [0.1, 0.15) is 0 Å². The van der Waals surface area contributed by atoms with Crippen molar-refractivity contribution < 1.29 is 10.1 Å². The molecule has 3 rings (SSSR count). The summed E-state index contributed by atoms with van der Waals surface area (Å²) in [6.07, 6.45) is 8.29. The van der Waals surface area contributed by atoms with Crippen molar-refractivity contribution in [3.63, 3.8) is 0 Å². The zero-order valence-corrected chi connectivity index (χ0v) is 16.7. The predicted molar refractivity (Wildman–Crippen MR) is 102 cm³/mol. The van der Waals surface area contributed by atoms with Crippen molar-refractivity contribution in [1.82, 2.24) is 5.32 Å². The molecule has 25 heavy (non-hydrogen) atoms. The molecule has 0 bridgehead atoms. The number of nitrogens with two attached hydrogens (primary N) is 1. The van der Waals surface area contributed by atoms with Gasteiger partial charge in [-0.3, -0.25) is 4.79 Å². The summed E-state index contributed by atoms with van der Waals surface area (Å²) >= 11 is 0. The molecule has 3 N–H and O–H groups in total. The van der Waals surface area contributed by atoms with Crippen molar-refractivity contribution >= 4 is 6.41 Å². The van der Waals surface area contributed by atoms with E-state index in [-0.39, 0.29) is 5.54 Å². The van der Waals surface area contributed by atoms with E-state index in [1.807, 2.05) is 0 Å². The average molecular weight is 347 g/mol. The number of rotatable bonds is 5. The first kappa shape index (κ1) is 18.9. The monoisotopic (exact) mass is 346 g/mol. The minimum Gasteiger partial charge on any atom is -0.473 e. The zero-order chi connectivity index (χ0) is 18.4. The van der Waals surface area contributed by atoms with E-state index >= 15 is 0 Å². The fraction of sp³-hybridized carbons (Fsp3) is 0.818. The van der Waals surface area contributed by atoms with Gasteiger partial charge >= 0.3 is 0 Å². The van der Waals surface area contributed by atoms with E-state index in [4.69, 9.17) is 0 Å². The number of quaternary nitrogens is 1. The second-order valence-electron chi connectivity index (χ2n) is 9.99. The Bertz CT molecular complexity index is 528. The molecule has 3 fully saturated rings. The van der Waals surface area contributed by atoms with Crippen LogP contribution < -0.4 is 10.6 Å². The second-order valence-corrected chi connectivity index (χ2v) is 9.99. The summed E-state index contributed by atoms with van der Waals surface area (Å²) in [5, 5.41) is 5.38. The number of carbonyl (C=O) groups is 1. The molecule has 0 saturated heterocycles. The zero-order valence-electron chi connectivity index (χ0n) is 16.7. The molecule has 0 heterocycles. The maximum Gasteiger partial charge on any atom is 0.207 e. The first-order valence-corrected chi connectivity index (χ1v) is 10.3. The molecule has 0 aliphatic heterocycles. The van der Waals surface area contributed by atoms with Gasteiger partial charge in [-0.1, -0.05) is 26.0 Å². The van der Waals surface area contributed by atoms with Crippen LogP contribution in [0.3, 0.4) is 0 Å². The lowest BCUT2D eigenvalue weighted by atomic mass is 9.44. The van der Waals surface area contributed by atoms with E-state index in [0.717, 1.165) is 37.0 Å². The molecule has 0 aromatic carbocycles. The smallest absolute Gasteiger partial charge is 0.207 e. The highest BCUT2D eigenvalue weighted by atomic mass is 16.1. The van der Waals surface area contributed by atoms with E-state index in [0.29, 0.717) is 23.3 Å². The molecule has 3 saturated carbocycles. The van der Waals surface area contributed by atoms with Gasteiger partial charge in [0, 0.05) is 23.8 Å². The summed E-state index contributed by atoms with van der Waals surface area (Å²) in [5.41, 5.74) is 1.62. The summed E-state index contributed by atoms with van der Waals surface area (Å²) in [5.74, 6) is 4.23. The van der Waals surface area contributed by atoms with Gasteiger partial charge in [0.25, 0.3) is 0 Å². The molecule has 0 spiro atoms. The molecule has 0 aromatic heterocycles. The third-order valence-electron chi connectivity index (χ3n) is 8.19. The van der Waals surface area contributed by atoms with Crippen LogP contribution in [0.1, 0.15) is 66.2 Å². The van der Waals surface area contributed by atoms with E-state index in [2.05, 4.69) is 52.0 Å². The lowest BCUT2D eigenvalue weighted by Gasteiger charge is -2.62. The Morgan fingerprint density at radius 3 is 2.76 bits per heavy atom. The second kappa shape index (κ2) is 6.72. The van der Waals surface area contributed by atoms with Crippen LogP contribution in [0.2, 0.25) is 0 Å². The molecule has 1 amide bonds. The molecule has 3 heteroatoms. The molecule has 3 aliphatic rings. The molecular weight excluding hydrogens is 308 g/mol. The third kappa shape index (κ3) is 3.07. The standard InChI is InChI=1S/C22H38N2O/c1-14-9-10-22(23-6)16(3)7-8-18-15(2)11-17(19(14)20(18)22)12-21(4,5)24-13-25/h13,15-20H,1,6-12,23H2,2-5H3,(H,24,25)/t15-,16-,17-,18-,19+,20?,22-/m1/s1. The van der Waals surface area contributed by atoms with Gasteiger partial charge in [-0.05, 0) is 69.6 Å². The molecule has 0 radical (unpaired) electrons. The molecular formula is C22H38N2O. The van der Waals surface area contributed by atoms with Crippen LogP contribution in [0, 0.1) is 42.6 Å². The van der Waals surface area contributed by atoms with Gasteiger partial charge in [-0.2, -0.15) is 7.05 Å². The number of allylic oxidation sites excluding steroid dienone is 1. The van der Waals surface area contributed by atoms with Crippen molar-refractivity contribution in [2.45, 2.75) is 77.3 Å². The summed E-state index contributed by atoms with van der Waals surface area (Å²) < 4.78 is 0. The molecule has 7 atom stereocenters. The Morgan fingerprint density at radius 2 is 2.12 bits per heavy atom. The number of nitrogens with one attached hydrogen (secondary N) is 1. The van der Waals surface area contributed by atoms with E-state index < -0.39 is 0 Å². The Balaban J connectivity index is 1.96. The van der Waals surface area contributed by atoms with Crippen molar-refractivity contribution in [3.8, 4) is 0 Å². The van der Waals surface area contributed by atoms with Gasteiger partial charge < -0.3 is 10.6 Å². The lowest BCUT2D eigenvalue weighted by molar-refractivity contribution is -0.703. The quantitative estimate of drug-likeness (QED) is 0.448. The van der Waals surface area contributed by atoms with Crippen LogP contribution in [0.25, 0.3) is 0 Å². The minimum atomic E-state index is -0.145. The van der Waals surface area contributed by atoms with Crippen LogP contribution >= 0.6 is 0 Å². The minimum absolute atomic E-state index is 0.145. The van der Waals surface area contributed by atoms with Crippen LogP contribution in [0.5, 0.6) is 0 Å². The van der Waals surface area contributed by atoms with Gasteiger partial charge in [0.15, 0.2) is 0 Å². The molecule has 3 nitrogen and oxygen atoms in total. The van der Waals surface area contributed by atoms with Crippen LogP contribution in [0.15, 0.2) is 12.2 Å². The normalized spacial score (nSPS) is 44.1. The van der Waals surface area contributed by atoms with Crippen LogP contribution in [-0.4, -0.2) is 17.5 Å². The van der Waals surface area contributed by atoms with E-state index in [9.17, 15) is 4.79 Å². The van der Waals surface area contributed by atoms with Gasteiger partial charge in [-0.25, -0.2) is 0 Å². The Hall–Kier alpha value is -0.830. The number of amides is 1. The number of carbonyl (C=O) groups excluding carboxylic acids is 1. The first-order valence-electron chi connectivity index (χ1n) is 10.3. The van der Waals surface area contributed by atoms with Crippen molar-refractivity contribution in [2.75, 3.05) is 0 Å². The highest BCUT2D eigenvalue weighted by Crippen LogP contribution is 2.60. The maximum atomic E-state index is 11.0. The highest BCUT2D eigenvalue weighted by molar-refractivity contribution is 5.47. The predicted octanol–water partition coefficient (Wildman–Crippen LogP) is 3.28. The van der Waals surface area contributed by atoms with Crippen molar-refractivity contribution in [2.24, 2.45) is 35.5 Å². The highest BCUT2D eigenvalue weighted by Gasteiger charge is 2.60. The van der Waals surface area contributed by atoms with Gasteiger partial charge in [0.2, 0.25) is 6.41 Å². The van der Waals surface area contributed by atoms with E-state index in [1.165, 1.54) is 31.3 Å². The topological polar surface area (TPSA) is 45.7 Å². The van der Waals surface area contributed by atoms with Gasteiger partial charge in [-0.15, -0.1) is 0 Å². The maximum absolute atomic E-state index is 11.0. The van der Waals surface area contributed by atoms with Crippen LogP contribution in [-0.2, 0) is 4.79 Å². The fourth-order valence-corrected chi connectivity index (χ4v) is 7.02. The Kier molecular flexibility index (Phi) is 5.09. The molecule has 1 unspecified atom stereocenters. The number of hydrogen-bond acceptors (Lipinski definition) is 1. The Morgan fingerprint density at radius 1 is 1.40 bits per heavy atom. The summed E-state index contributed by atoms with van der Waals surface area (Å²) in [4.78, 5) is 11.0. The van der Waals surface area contributed by atoms with Crippen LogP contribution in [0.4, 0.5) is 0 Å². The van der Waals surface area contributed by atoms with Gasteiger partial charge in [0.05, 0.1) is 5.54 Å². The Labute approximate surface area is 154 Å². The first-order chi connectivity index (χ1) is 11.8. The summed E-state index contributed by atoms with van der Waals surface area (Å²) in [6, 6.07) is 0. The van der Waals surface area contributed by atoms with Crippen molar-refractivity contribution in [3.05, 3.63) is 19.2 Å². The number of hydrogen-bond donors (Lipinski definition) is 2. The molecule has 142 valence electrons. The summed E-state index contributed by atoms with van der Waals surface area (Å²) in [7, 11) is 4.33. The molecule has 3 aliphatic carbocycles. The van der Waals surface area contributed by atoms with Crippen molar-refractivity contribution in [1.29, 1.82) is 0 Å². The third-order valence-corrected chi connectivity index (χ3v) is 8.19.